The second kappa shape index (κ2) is 7.61. The summed E-state index contributed by atoms with van der Waals surface area (Å²) in [5.74, 6) is -0.578. The summed E-state index contributed by atoms with van der Waals surface area (Å²) in [5.41, 5.74) is 0.548. The van der Waals surface area contributed by atoms with E-state index in [0.717, 1.165) is 6.07 Å². The molecule has 1 aliphatic rings. The minimum atomic E-state index is -0.826. The van der Waals surface area contributed by atoms with Crippen LogP contribution in [0.3, 0.4) is 0 Å². The van der Waals surface area contributed by atoms with Gasteiger partial charge in [0.15, 0.2) is 12.7 Å². The number of hydrogen-bond acceptors (Lipinski definition) is 4. The van der Waals surface area contributed by atoms with Gasteiger partial charge >= 0.3 is 0 Å². The van der Waals surface area contributed by atoms with Crippen molar-refractivity contribution in [1.29, 1.82) is 0 Å². The highest BCUT2D eigenvalue weighted by Gasteiger charge is 2.33. The Kier molecular flexibility index (Phi) is 5.27. The van der Waals surface area contributed by atoms with Crippen LogP contribution >= 0.6 is 11.6 Å². The van der Waals surface area contributed by atoms with Crippen molar-refractivity contribution in [2.45, 2.75) is 6.10 Å². The zero-order valence-electron chi connectivity index (χ0n) is 13.9. The summed E-state index contributed by atoms with van der Waals surface area (Å²) in [6, 6.07) is 10.6. The van der Waals surface area contributed by atoms with E-state index in [1.54, 1.807) is 24.3 Å². The number of rotatable bonds is 4. The van der Waals surface area contributed by atoms with Crippen molar-refractivity contribution in [1.82, 2.24) is 5.32 Å². The van der Waals surface area contributed by atoms with Crippen molar-refractivity contribution < 1.29 is 23.5 Å². The van der Waals surface area contributed by atoms with E-state index in [1.807, 2.05) is 0 Å². The van der Waals surface area contributed by atoms with Crippen LogP contribution in [0.5, 0.6) is 11.5 Å². The third-order valence-corrected chi connectivity index (χ3v) is 4.15. The summed E-state index contributed by atoms with van der Waals surface area (Å²) in [5, 5.41) is 2.58. The molecule has 3 rings (SSSR count). The van der Waals surface area contributed by atoms with Crippen molar-refractivity contribution in [2.24, 2.45) is 0 Å². The minimum absolute atomic E-state index is 0.0516. The second-order valence-electron chi connectivity index (χ2n) is 5.56. The van der Waals surface area contributed by atoms with Gasteiger partial charge in [-0.05, 0) is 30.3 Å². The number of carbonyl (C=O) groups is 2. The lowest BCUT2D eigenvalue weighted by Crippen LogP contribution is -2.51. The molecule has 0 bridgehead atoms. The average molecular weight is 379 g/mol. The maximum Gasteiger partial charge on any atom is 0.265 e. The van der Waals surface area contributed by atoms with E-state index < -0.39 is 11.9 Å². The predicted octanol–water partition coefficient (Wildman–Crippen LogP) is 2.40. The Morgan fingerprint density at radius 1 is 1.35 bits per heavy atom. The van der Waals surface area contributed by atoms with Gasteiger partial charge in [0.1, 0.15) is 17.3 Å². The van der Waals surface area contributed by atoms with Crippen LogP contribution in [0.15, 0.2) is 42.5 Å². The van der Waals surface area contributed by atoms with Crippen molar-refractivity contribution in [3.05, 3.63) is 53.3 Å². The highest BCUT2D eigenvalue weighted by atomic mass is 35.5. The fourth-order valence-electron chi connectivity index (χ4n) is 2.58. The van der Waals surface area contributed by atoms with Gasteiger partial charge in [-0.15, -0.1) is 0 Å². The number of carbonyl (C=O) groups excluding carboxylic acids is 2. The van der Waals surface area contributed by atoms with Gasteiger partial charge in [0.05, 0.1) is 17.3 Å². The van der Waals surface area contributed by atoms with Gasteiger partial charge in [0.2, 0.25) is 0 Å². The lowest BCUT2D eigenvalue weighted by Gasteiger charge is -2.33. The Hall–Kier alpha value is -2.80. The predicted molar refractivity (Wildman–Crippen MR) is 94.2 cm³/mol. The van der Waals surface area contributed by atoms with Gasteiger partial charge in [0.25, 0.3) is 11.8 Å². The SMILES string of the molecule is CNC(=O)[C@@H]1CN(C(=O)COc2ccc(F)cc2Cl)c2ccccc2O1. The number of fused-ring (bicyclic) bond motifs is 1. The van der Waals surface area contributed by atoms with Crippen LogP contribution in [-0.2, 0) is 9.59 Å². The largest absolute Gasteiger partial charge is 0.482 e. The summed E-state index contributed by atoms with van der Waals surface area (Å²) in [7, 11) is 1.50. The maximum absolute atomic E-state index is 13.1. The molecule has 0 spiro atoms. The fraction of sp³-hybridized carbons (Fsp3) is 0.222. The summed E-state index contributed by atoms with van der Waals surface area (Å²) in [4.78, 5) is 26.0. The van der Waals surface area contributed by atoms with Gasteiger partial charge in [-0.25, -0.2) is 4.39 Å². The first-order valence-corrected chi connectivity index (χ1v) is 8.23. The third-order valence-electron chi connectivity index (χ3n) is 3.86. The molecular formula is C18H16ClFN2O4. The first-order valence-electron chi connectivity index (χ1n) is 7.85. The zero-order valence-corrected chi connectivity index (χ0v) is 14.6. The Labute approximate surface area is 154 Å². The van der Waals surface area contributed by atoms with E-state index in [1.165, 1.54) is 24.1 Å². The monoisotopic (exact) mass is 378 g/mol. The quantitative estimate of drug-likeness (QED) is 0.887. The summed E-state index contributed by atoms with van der Waals surface area (Å²) in [6.07, 6.45) is -0.826. The van der Waals surface area contributed by atoms with Gasteiger partial charge in [-0.1, -0.05) is 23.7 Å². The number of likely N-dealkylation sites (N-methyl/N-ethyl adjacent to an activating group) is 1. The van der Waals surface area contributed by atoms with Crippen LogP contribution in [0.4, 0.5) is 10.1 Å². The molecule has 2 amide bonds. The molecule has 2 aromatic carbocycles. The number of ether oxygens (including phenoxy) is 2. The number of anilines is 1. The molecule has 26 heavy (non-hydrogen) atoms. The Morgan fingerprint density at radius 3 is 2.85 bits per heavy atom. The van der Waals surface area contributed by atoms with Gasteiger partial charge in [-0.2, -0.15) is 0 Å². The molecule has 0 aliphatic carbocycles. The van der Waals surface area contributed by atoms with E-state index in [0.29, 0.717) is 11.4 Å². The fourth-order valence-corrected chi connectivity index (χ4v) is 2.80. The van der Waals surface area contributed by atoms with Crippen LogP contribution < -0.4 is 19.7 Å². The van der Waals surface area contributed by atoms with Crippen LogP contribution in [0, 0.1) is 5.82 Å². The molecule has 136 valence electrons. The molecule has 2 aromatic rings. The van der Waals surface area contributed by atoms with Crippen molar-refractivity contribution in [3.8, 4) is 11.5 Å². The minimum Gasteiger partial charge on any atom is -0.482 e. The molecule has 1 aliphatic heterocycles. The molecule has 1 atom stereocenters. The summed E-state index contributed by atoms with van der Waals surface area (Å²) < 4.78 is 24.2. The molecule has 0 unspecified atom stereocenters. The Balaban J connectivity index is 1.77. The normalized spacial score (nSPS) is 15.7. The van der Waals surface area contributed by atoms with Crippen LogP contribution in [0.25, 0.3) is 0 Å². The van der Waals surface area contributed by atoms with Crippen molar-refractivity contribution in [3.63, 3.8) is 0 Å². The van der Waals surface area contributed by atoms with E-state index in [4.69, 9.17) is 21.1 Å². The van der Waals surface area contributed by atoms with Gasteiger partial charge < -0.3 is 19.7 Å². The number of hydrogen-bond donors (Lipinski definition) is 1. The smallest absolute Gasteiger partial charge is 0.265 e. The second-order valence-corrected chi connectivity index (χ2v) is 5.96. The standard InChI is InChI=1S/C18H16ClFN2O4/c1-21-18(24)16-9-22(13-4-2-3-5-15(13)26-16)17(23)10-25-14-7-6-11(20)8-12(14)19/h2-8,16H,9-10H2,1H3,(H,21,24)/t16-/m0/s1. The first kappa shape index (κ1) is 18.0. The number of nitrogens with one attached hydrogen (secondary N) is 1. The number of halogens is 2. The van der Waals surface area contributed by atoms with Gasteiger partial charge in [0, 0.05) is 7.05 Å². The highest BCUT2D eigenvalue weighted by molar-refractivity contribution is 6.32. The Bertz CT molecular complexity index is 846. The van der Waals surface area contributed by atoms with Crippen molar-refractivity contribution >= 4 is 29.1 Å². The molecule has 0 aromatic heterocycles. The molecule has 8 heteroatoms. The number of benzene rings is 2. The van der Waals surface area contributed by atoms with Gasteiger partial charge in [-0.3, -0.25) is 9.59 Å². The number of para-hydroxylation sites is 2. The third kappa shape index (κ3) is 3.72. The molecule has 0 saturated heterocycles. The van der Waals surface area contributed by atoms with E-state index in [2.05, 4.69) is 5.32 Å². The van der Waals surface area contributed by atoms with Crippen LogP contribution in [0.1, 0.15) is 0 Å². The summed E-state index contributed by atoms with van der Waals surface area (Å²) in [6.45, 7) is -0.268. The Morgan fingerprint density at radius 2 is 2.12 bits per heavy atom. The van der Waals surface area contributed by atoms with Crippen LogP contribution in [-0.4, -0.2) is 38.1 Å². The first-order chi connectivity index (χ1) is 12.5. The maximum atomic E-state index is 13.1. The molecule has 0 fully saturated rings. The molecule has 6 nitrogen and oxygen atoms in total. The lowest BCUT2D eigenvalue weighted by molar-refractivity contribution is -0.128. The number of nitrogens with zero attached hydrogens (tertiary/aromatic N) is 1. The number of amides is 2. The molecule has 0 radical (unpaired) electrons. The molecular weight excluding hydrogens is 363 g/mol. The van der Waals surface area contributed by atoms with Crippen LogP contribution in [0.2, 0.25) is 5.02 Å². The molecule has 0 saturated carbocycles. The van der Waals surface area contributed by atoms with E-state index in [-0.39, 0.29) is 35.7 Å². The van der Waals surface area contributed by atoms with E-state index >= 15 is 0 Å². The molecule has 1 N–H and O–H groups in total. The lowest BCUT2D eigenvalue weighted by atomic mass is 10.1. The van der Waals surface area contributed by atoms with E-state index in [9.17, 15) is 14.0 Å². The highest BCUT2D eigenvalue weighted by Crippen LogP contribution is 2.33. The molecule has 1 heterocycles. The average Bonchev–Trinajstić information content (AvgIpc) is 2.65. The topological polar surface area (TPSA) is 67.9 Å². The zero-order chi connectivity index (χ0) is 18.7. The van der Waals surface area contributed by atoms with Crippen molar-refractivity contribution in [2.75, 3.05) is 25.1 Å². The summed E-state index contributed by atoms with van der Waals surface area (Å²) >= 11 is 5.90.